The van der Waals surface area contributed by atoms with E-state index in [9.17, 15) is 5.11 Å². The molecule has 0 saturated heterocycles. The summed E-state index contributed by atoms with van der Waals surface area (Å²) in [6.45, 7) is 2.28. The van der Waals surface area contributed by atoms with Crippen molar-refractivity contribution < 1.29 is 9.84 Å². The normalized spacial score (nSPS) is 29.2. The molecule has 2 rings (SSSR count). The molecule has 0 bridgehead atoms. The largest absolute Gasteiger partial charge is 0.390 e. The second-order valence-electron chi connectivity index (χ2n) is 5.80. The van der Waals surface area contributed by atoms with Crippen molar-refractivity contribution in [3.8, 4) is 0 Å². The van der Waals surface area contributed by atoms with Gasteiger partial charge in [-0.15, -0.1) is 0 Å². The highest BCUT2D eigenvalue weighted by Gasteiger charge is 2.40. The summed E-state index contributed by atoms with van der Waals surface area (Å²) in [5, 5.41) is 10.6. The zero-order chi connectivity index (χ0) is 13.9. The van der Waals surface area contributed by atoms with E-state index in [1.165, 1.54) is 0 Å². The van der Waals surface area contributed by atoms with Gasteiger partial charge in [-0.05, 0) is 49.3 Å². The van der Waals surface area contributed by atoms with E-state index in [2.05, 4.69) is 35.0 Å². The van der Waals surface area contributed by atoms with E-state index >= 15 is 0 Å². The van der Waals surface area contributed by atoms with Crippen LogP contribution < -0.4 is 0 Å². The molecule has 1 saturated carbocycles. The molecule has 0 aromatic heterocycles. The maximum atomic E-state index is 10.6. The average Bonchev–Trinajstić information content (AvgIpc) is 2.40. The van der Waals surface area contributed by atoms with Gasteiger partial charge in [-0.25, -0.2) is 0 Å². The summed E-state index contributed by atoms with van der Waals surface area (Å²) in [4.78, 5) is 0. The Labute approximate surface area is 124 Å². The molecule has 0 amide bonds. The molecule has 1 fully saturated rings. The van der Waals surface area contributed by atoms with Crippen LogP contribution in [-0.2, 0) is 11.2 Å². The van der Waals surface area contributed by atoms with Crippen LogP contribution in [-0.4, -0.2) is 23.9 Å². The molecule has 1 N–H and O–H groups in total. The minimum atomic E-state index is -0.431. The van der Waals surface area contributed by atoms with Crippen LogP contribution in [0.25, 0.3) is 0 Å². The fraction of sp³-hybridized carbons (Fsp3) is 0.625. The third-order valence-electron chi connectivity index (χ3n) is 4.45. The molecular formula is C16H23BrO2. The van der Waals surface area contributed by atoms with Crippen LogP contribution in [0.1, 0.15) is 38.2 Å². The van der Waals surface area contributed by atoms with E-state index in [1.54, 1.807) is 7.11 Å². The number of hydrogen-bond acceptors (Lipinski definition) is 2. The molecule has 0 heterocycles. The zero-order valence-electron chi connectivity index (χ0n) is 11.7. The molecule has 2 nitrogen and oxygen atoms in total. The van der Waals surface area contributed by atoms with Gasteiger partial charge in [0, 0.05) is 18.0 Å². The van der Waals surface area contributed by atoms with Crippen LogP contribution in [0.15, 0.2) is 28.7 Å². The highest BCUT2D eigenvalue weighted by atomic mass is 79.9. The van der Waals surface area contributed by atoms with Crippen molar-refractivity contribution in [2.75, 3.05) is 7.11 Å². The van der Waals surface area contributed by atoms with Crippen molar-refractivity contribution >= 4 is 15.9 Å². The van der Waals surface area contributed by atoms with Gasteiger partial charge >= 0.3 is 0 Å². The molecule has 0 aliphatic heterocycles. The van der Waals surface area contributed by atoms with Crippen LogP contribution in [0, 0.1) is 5.92 Å². The van der Waals surface area contributed by atoms with Gasteiger partial charge in [0.15, 0.2) is 0 Å². The number of methoxy groups -OCH3 is 1. The monoisotopic (exact) mass is 326 g/mol. The Hall–Kier alpha value is -0.380. The van der Waals surface area contributed by atoms with Gasteiger partial charge in [0.05, 0.1) is 11.7 Å². The van der Waals surface area contributed by atoms with Crippen molar-refractivity contribution in [2.45, 2.75) is 50.7 Å². The molecule has 1 atom stereocenters. The maximum absolute atomic E-state index is 10.6. The van der Waals surface area contributed by atoms with Gasteiger partial charge < -0.3 is 9.84 Å². The molecular weight excluding hydrogens is 304 g/mol. The summed E-state index contributed by atoms with van der Waals surface area (Å²) in [5.41, 5.74) is 0.798. The molecule has 1 unspecified atom stereocenters. The molecule has 3 heteroatoms. The first-order valence-electron chi connectivity index (χ1n) is 7.03. The van der Waals surface area contributed by atoms with Crippen molar-refractivity contribution in [2.24, 2.45) is 5.92 Å². The molecule has 19 heavy (non-hydrogen) atoms. The van der Waals surface area contributed by atoms with E-state index in [-0.39, 0.29) is 5.60 Å². The Morgan fingerprint density at radius 3 is 2.68 bits per heavy atom. The standard InChI is InChI=1S/C16H23BrO2/c1-12-6-8-16(19-2,9-7-12)15(18)11-13-4-3-5-14(17)10-13/h3-5,10,12,15,18H,6-9,11H2,1-2H3. The van der Waals surface area contributed by atoms with Gasteiger partial charge in [0.1, 0.15) is 0 Å². The second-order valence-corrected chi connectivity index (χ2v) is 6.72. The van der Waals surface area contributed by atoms with Gasteiger partial charge in [0.2, 0.25) is 0 Å². The third-order valence-corrected chi connectivity index (χ3v) is 4.95. The van der Waals surface area contributed by atoms with Crippen molar-refractivity contribution in [3.05, 3.63) is 34.3 Å². The summed E-state index contributed by atoms with van der Waals surface area (Å²) >= 11 is 3.47. The molecule has 0 radical (unpaired) electrons. The first kappa shape index (κ1) is 15.0. The lowest BCUT2D eigenvalue weighted by atomic mass is 9.75. The Kier molecular flexibility index (Phi) is 5.04. The van der Waals surface area contributed by atoms with Crippen LogP contribution >= 0.6 is 15.9 Å². The van der Waals surface area contributed by atoms with Gasteiger partial charge in [-0.3, -0.25) is 0 Å². The van der Waals surface area contributed by atoms with Crippen molar-refractivity contribution in [3.63, 3.8) is 0 Å². The summed E-state index contributed by atoms with van der Waals surface area (Å²) < 4.78 is 6.79. The highest BCUT2D eigenvalue weighted by Crippen LogP contribution is 2.37. The first-order chi connectivity index (χ1) is 9.05. The summed E-state index contributed by atoms with van der Waals surface area (Å²) in [5.74, 6) is 0.751. The third kappa shape index (κ3) is 3.59. The number of hydrogen-bond donors (Lipinski definition) is 1. The SMILES string of the molecule is COC1(C(O)Cc2cccc(Br)c2)CCC(C)CC1. The molecule has 1 aromatic carbocycles. The van der Waals surface area contributed by atoms with E-state index in [4.69, 9.17) is 4.74 Å². The van der Waals surface area contributed by atoms with Crippen LogP contribution in [0.4, 0.5) is 0 Å². The summed E-state index contributed by atoms with van der Waals surface area (Å²) in [7, 11) is 1.74. The van der Waals surface area contributed by atoms with Crippen LogP contribution in [0.2, 0.25) is 0 Å². The topological polar surface area (TPSA) is 29.5 Å². The number of aliphatic hydroxyl groups excluding tert-OH is 1. The van der Waals surface area contributed by atoms with Crippen molar-refractivity contribution in [1.29, 1.82) is 0 Å². The Bertz CT molecular complexity index is 411. The smallest absolute Gasteiger partial charge is 0.0939 e. The molecule has 1 aliphatic carbocycles. The highest BCUT2D eigenvalue weighted by molar-refractivity contribution is 9.10. The predicted molar refractivity (Wildman–Crippen MR) is 81.2 cm³/mol. The number of halogens is 1. The molecule has 0 spiro atoms. The van der Waals surface area contributed by atoms with Gasteiger partial charge in [0.25, 0.3) is 0 Å². The van der Waals surface area contributed by atoms with E-state index in [1.807, 2.05) is 12.1 Å². The number of aliphatic hydroxyl groups is 1. The maximum Gasteiger partial charge on any atom is 0.0939 e. The van der Waals surface area contributed by atoms with E-state index in [0.717, 1.165) is 41.6 Å². The minimum absolute atomic E-state index is 0.352. The second kappa shape index (κ2) is 6.38. The quantitative estimate of drug-likeness (QED) is 0.907. The summed E-state index contributed by atoms with van der Waals surface area (Å²) in [6.07, 6.45) is 4.42. The lowest BCUT2D eigenvalue weighted by molar-refractivity contribution is -0.127. The minimum Gasteiger partial charge on any atom is -0.390 e. The molecule has 1 aliphatic rings. The Morgan fingerprint density at radius 2 is 2.11 bits per heavy atom. The fourth-order valence-electron chi connectivity index (χ4n) is 3.00. The molecule has 106 valence electrons. The van der Waals surface area contributed by atoms with Gasteiger partial charge in [-0.1, -0.05) is 35.0 Å². The fourth-order valence-corrected chi connectivity index (χ4v) is 3.44. The first-order valence-corrected chi connectivity index (χ1v) is 7.83. The van der Waals surface area contributed by atoms with Gasteiger partial charge in [-0.2, -0.15) is 0 Å². The molecule has 1 aromatic rings. The van der Waals surface area contributed by atoms with E-state index in [0.29, 0.717) is 6.42 Å². The van der Waals surface area contributed by atoms with Crippen molar-refractivity contribution in [1.82, 2.24) is 0 Å². The Balaban J connectivity index is 2.06. The zero-order valence-corrected chi connectivity index (χ0v) is 13.3. The summed E-state index contributed by atoms with van der Waals surface area (Å²) in [6, 6.07) is 8.14. The van der Waals surface area contributed by atoms with Crippen LogP contribution in [0.3, 0.4) is 0 Å². The Morgan fingerprint density at radius 1 is 1.42 bits per heavy atom. The predicted octanol–water partition coefficient (Wildman–Crippen LogP) is 3.95. The lowest BCUT2D eigenvalue weighted by Gasteiger charge is -2.41. The number of ether oxygens (including phenoxy) is 1. The van der Waals surface area contributed by atoms with Crippen LogP contribution in [0.5, 0.6) is 0 Å². The average molecular weight is 327 g/mol. The lowest BCUT2D eigenvalue weighted by Crippen LogP contribution is -2.47. The number of rotatable bonds is 4. The number of benzene rings is 1. The van der Waals surface area contributed by atoms with E-state index < -0.39 is 6.10 Å².